The predicted molar refractivity (Wildman–Crippen MR) is 103 cm³/mol. The van der Waals surface area contributed by atoms with Gasteiger partial charge in [0.1, 0.15) is 0 Å². The van der Waals surface area contributed by atoms with Gasteiger partial charge in [-0.1, -0.05) is 23.2 Å². The average molecular weight is 393 g/mol. The van der Waals surface area contributed by atoms with Crippen LogP contribution < -0.4 is 5.32 Å². The maximum absolute atomic E-state index is 12.8. The molecule has 1 saturated heterocycles. The van der Waals surface area contributed by atoms with Gasteiger partial charge >= 0.3 is 0 Å². The van der Waals surface area contributed by atoms with Gasteiger partial charge in [0.2, 0.25) is 0 Å². The summed E-state index contributed by atoms with van der Waals surface area (Å²) < 4.78 is 1.62. The second-order valence-electron chi connectivity index (χ2n) is 7.19. The Morgan fingerprint density at radius 2 is 1.96 bits per heavy atom. The van der Waals surface area contributed by atoms with E-state index in [0.717, 1.165) is 38.4 Å². The summed E-state index contributed by atoms with van der Waals surface area (Å²) in [7, 11) is 0. The molecule has 4 rings (SSSR count). The van der Waals surface area contributed by atoms with Crippen LogP contribution in [-0.4, -0.2) is 46.3 Å². The monoisotopic (exact) mass is 392 g/mol. The highest BCUT2D eigenvalue weighted by Crippen LogP contribution is 2.28. The number of aromatic nitrogens is 2. The molecule has 0 radical (unpaired) electrons. The number of hydrogen-bond acceptors (Lipinski definition) is 3. The molecule has 2 heterocycles. The number of benzene rings is 1. The zero-order valence-corrected chi connectivity index (χ0v) is 16.0. The number of carbonyl (C=O) groups is 1. The molecule has 1 N–H and O–H groups in total. The van der Waals surface area contributed by atoms with Crippen LogP contribution in [0, 0.1) is 5.92 Å². The molecular weight excluding hydrogens is 371 g/mol. The van der Waals surface area contributed by atoms with E-state index >= 15 is 0 Å². The van der Waals surface area contributed by atoms with Crippen molar-refractivity contribution < 1.29 is 4.79 Å². The van der Waals surface area contributed by atoms with Crippen molar-refractivity contribution in [2.24, 2.45) is 5.92 Å². The van der Waals surface area contributed by atoms with Gasteiger partial charge in [0.05, 0.1) is 22.5 Å². The van der Waals surface area contributed by atoms with Crippen LogP contribution in [0.4, 0.5) is 0 Å². The molecule has 0 bridgehead atoms. The lowest BCUT2D eigenvalue weighted by Gasteiger charge is -2.32. The van der Waals surface area contributed by atoms with Crippen LogP contribution in [0.1, 0.15) is 36.0 Å². The minimum atomic E-state index is 0.0296. The first-order valence-electron chi connectivity index (χ1n) is 9.13. The molecule has 5 nitrogen and oxygen atoms in total. The molecule has 2 aromatic rings. The van der Waals surface area contributed by atoms with Gasteiger partial charge in [0.25, 0.3) is 5.91 Å². The smallest absolute Gasteiger partial charge is 0.257 e. The summed E-state index contributed by atoms with van der Waals surface area (Å²) in [6, 6.07) is 5.75. The molecule has 1 aromatic carbocycles. The van der Waals surface area contributed by atoms with E-state index in [-0.39, 0.29) is 5.91 Å². The Morgan fingerprint density at radius 1 is 1.19 bits per heavy atom. The third-order valence-corrected chi connectivity index (χ3v) is 5.70. The van der Waals surface area contributed by atoms with Crippen LogP contribution in [0.25, 0.3) is 5.69 Å². The third kappa shape index (κ3) is 4.05. The summed E-state index contributed by atoms with van der Waals surface area (Å²) in [5, 5.41) is 9.00. The van der Waals surface area contributed by atoms with Crippen molar-refractivity contribution in [1.82, 2.24) is 20.0 Å². The number of nitrogens with zero attached hydrogens (tertiary/aromatic N) is 3. The number of carbonyl (C=O) groups excluding carboxylic acids is 1. The first-order chi connectivity index (χ1) is 12.6. The normalized spacial score (nSPS) is 18.3. The van der Waals surface area contributed by atoms with Crippen molar-refractivity contribution in [3.63, 3.8) is 0 Å². The standard InChI is InChI=1S/C19H22Cl2N4O/c20-15-3-4-18(17(21)9-15)25-12-14(11-23-25)19(26)24-7-5-16(6-8-24)22-10-13-1-2-13/h3-4,9,11-13,16,22H,1-2,5-8,10H2. The molecule has 7 heteroatoms. The fraction of sp³-hybridized carbons (Fsp3) is 0.474. The summed E-state index contributed by atoms with van der Waals surface area (Å²) in [5.41, 5.74) is 1.29. The summed E-state index contributed by atoms with van der Waals surface area (Å²) in [6.45, 7) is 2.70. The summed E-state index contributed by atoms with van der Waals surface area (Å²) in [5.74, 6) is 0.919. The number of halogens is 2. The Morgan fingerprint density at radius 3 is 2.65 bits per heavy atom. The highest BCUT2D eigenvalue weighted by molar-refractivity contribution is 6.35. The summed E-state index contributed by atoms with van der Waals surface area (Å²) in [6.07, 6.45) is 8.09. The molecule has 26 heavy (non-hydrogen) atoms. The Balaban J connectivity index is 1.37. The molecule has 1 amide bonds. The first kappa shape index (κ1) is 17.8. The number of amides is 1. The van der Waals surface area contributed by atoms with Crippen LogP contribution in [0.3, 0.4) is 0 Å². The van der Waals surface area contributed by atoms with Crippen molar-refractivity contribution in [2.75, 3.05) is 19.6 Å². The molecular formula is C19H22Cl2N4O. The maximum atomic E-state index is 12.8. The number of piperidine rings is 1. The number of rotatable bonds is 5. The van der Waals surface area contributed by atoms with Crippen LogP contribution >= 0.6 is 23.2 Å². The highest BCUT2D eigenvalue weighted by atomic mass is 35.5. The van der Waals surface area contributed by atoms with Gasteiger partial charge in [-0.25, -0.2) is 4.68 Å². The topological polar surface area (TPSA) is 50.2 Å². The summed E-state index contributed by atoms with van der Waals surface area (Å²) >= 11 is 12.2. The van der Waals surface area contributed by atoms with E-state index in [0.29, 0.717) is 27.3 Å². The quantitative estimate of drug-likeness (QED) is 0.841. The van der Waals surface area contributed by atoms with Gasteiger partial charge in [-0.2, -0.15) is 5.10 Å². The maximum Gasteiger partial charge on any atom is 0.257 e. The molecule has 1 saturated carbocycles. The molecule has 1 aliphatic carbocycles. The van der Waals surface area contributed by atoms with E-state index in [1.807, 2.05) is 4.90 Å². The van der Waals surface area contributed by atoms with Crippen LogP contribution in [-0.2, 0) is 0 Å². The second-order valence-corrected chi connectivity index (χ2v) is 8.03. The van der Waals surface area contributed by atoms with Gasteiger partial charge in [-0.15, -0.1) is 0 Å². The number of nitrogens with one attached hydrogen (secondary N) is 1. The molecule has 2 aliphatic rings. The van der Waals surface area contributed by atoms with E-state index in [2.05, 4.69) is 10.4 Å². The zero-order valence-electron chi connectivity index (χ0n) is 14.5. The largest absolute Gasteiger partial charge is 0.338 e. The van der Waals surface area contributed by atoms with Crippen molar-refractivity contribution in [2.45, 2.75) is 31.7 Å². The molecule has 0 spiro atoms. The third-order valence-electron chi connectivity index (χ3n) is 5.16. The van der Waals surface area contributed by atoms with Gasteiger partial charge < -0.3 is 10.2 Å². The van der Waals surface area contributed by atoms with Crippen molar-refractivity contribution in [3.8, 4) is 5.69 Å². The minimum absolute atomic E-state index is 0.0296. The second kappa shape index (κ2) is 7.59. The van der Waals surface area contributed by atoms with Crippen molar-refractivity contribution in [1.29, 1.82) is 0 Å². The fourth-order valence-corrected chi connectivity index (χ4v) is 3.85. The highest BCUT2D eigenvalue weighted by Gasteiger charge is 2.27. The Hall–Kier alpha value is -1.56. The lowest BCUT2D eigenvalue weighted by molar-refractivity contribution is 0.0705. The molecule has 2 fully saturated rings. The number of likely N-dealkylation sites (tertiary alicyclic amines) is 1. The van der Waals surface area contributed by atoms with Gasteiger partial charge in [0.15, 0.2) is 0 Å². The lowest BCUT2D eigenvalue weighted by atomic mass is 10.0. The van der Waals surface area contributed by atoms with Crippen LogP contribution in [0.15, 0.2) is 30.6 Å². The van der Waals surface area contributed by atoms with E-state index in [1.165, 1.54) is 12.8 Å². The van der Waals surface area contributed by atoms with Crippen molar-refractivity contribution in [3.05, 3.63) is 46.2 Å². The molecule has 0 unspecified atom stereocenters. The van der Waals surface area contributed by atoms with Gasteiger partial charge in [-0.05, 0) is 56.3 Å². The molecule has 1 aromatic heterocycles. The first-order valence-corrected chi connectivity index (χ1v) is 9.88. The van der Waals surface area contributed by atoms with E-state index in [1.54, 1.807) is 35.3 Å². The van der Waals surface area contributed by atoms with E-state index in [4.69, 9.17) is 23.2 Å². The number of hydrogen-bond donors (Lipinski definition) is 1. The summed E-state index contributed by atoms with van der Waals surface area (Å²) in [4.78, 5) is 14.7. The molecule has 138 valence electrons. The predicted octanol–water partition coefficient (Wildman–Crippen LogP) is 3.78. The van der Waals surface area contributed by atoms with Crippen LogP contribution in [0.2, 0.25) is 10.0 Å². The van der Waals surface area contributed by atoms with Gasteiger partial charge in [0, 0.05) is 30.4 Å². The van der Waals surface area contributed by atoms with E-state index < -0.39 is 0 Å². The Labute approximate surface area is 163 Å². The minimum Gasteiger partial charge on any atom is -0.338 e. The SMILES string of the molecule is O=C(c1cnn(-c2ccc(Cl)cc2Cl)c1)N1CCC(NCC2CC2)CC1. The fourth-order valence-electron chi connectivity index (χ4n) is 3.36. The molecule has 1 aliphatic heterocycles. The van der Waals surface area contributed by atoms with Gasteiger partial charge in [-0.3, -0.25) is 4.79 Å². The van der Waals surface area contributed by atoms with E-state index in [9.17, 15) is 4.79 Å². The molecule has 0 atom stereocenters. The Kier molecular flexibility index (Phi) is 5.20. The van der Waals surface area contributed by atoms with Crippen LogP contribution in [0.5, 0.6) is 0 Å². The Bertz CT molecular complexity index is 795. The van der Waals surface area contributed by atoms with Crippen molar-refractivity contribution >= 4 is 29.1 Å². The zero-order chi connectivity index (χ0) is 18.1. The average Bonchev–Trinajstić information content (AvgIpc) is 3.35. The lowest BCUT2D eigenvalue weighted by Crippen LogP contribution is -2.45.